The van der Waals surface area contributed by atoms with Crippen LogP contribution < -0.4 is 5.32 Å². The molecule has 2 atom stereocenters. The van der Waals surface area contributed by atoms with E-state index in [1.807, 2.05) is 0 Å². The van der Waals surface area contributed by atoms with Crippen molar-refractivity contribution in [3.8, 4) is 0 Å². The van der Waals surface area contributed by atoms with E-state index in [-0.39, 0.29) is 0 Å². The SMILES string of the molecule is CC1CCCC(CNCC(=O)N2CCCCCC2)C1. The molecule has 19 heavy (non-hydrogen) atoms. The van der Waals surface area contributed by atoms with Crippen LogP contribution in [-0.2, 0) is 4.79 Å². The molecule has 1 amide bonds. The number of hydrogen-bond donors (Lipinski definition) is 1. The Bertz CT molecular complexity index is 272. The number of hydrogen-bond acceptors (Lipinski definition) is 2. The van der Waals surface area contributed by atoms with Crippen molar-refractivity contribution in [2.45, 2.75) is 58.3 Å². The standard InChI is InChI=1S/C16H30N2O/c1-14-7-6-8-15(11-14)12-17-13-16(19)18-9-4-2-3-5-10-18/h14-15,17H,2-13H2,1H3. The van der Waals surface area contributed by atoms with Crippen LogP contribution in [0.4, 0.5) is 0 Å². The topological polar surface area (TPSA) is 32.3 Å². The Labute approximate surface area is 118 Å². The highest BCUT2D eigenvalue weighted by Gasteiger charge is 2.19. The molecule has 1 N–H and O–H groups in total. The van der Waals surface area contributed by atoms with Gasteiger partial charge in [0.2, 0.25) is 5.91 Å². The minimum atomic E-state index is 0.311. The van der Waals surface area contributed by atoms with E-state index in [0.717, 1.165) is 31.5 Å². The Morgan fingerprint density at radius 1 is 1.11 bits per heavy atom. The van der Waals surface area contributed by atoms with E-state index < -0.39 is 0 Å². The number of likely N-dealkylation sites (tertiary alicyclic amines) is 1. The molecule has 3 nitrogen and oxygen atoms in total. The van der Waals surface area contributed by atoms with Crippen LogP contribution in [0.5, 0.6) is 0 Å². The summed E-state index contributed by atoms with van der Waals surface area (Å²) in [5.41, 5.74) is 0. The molecule has 0 aromatic carbocycles. The van der Waals surface area contributed by atoms with Crippen molar-refractivity contribution in [1.29, 1.82) is 0 Å². The first kappa shape index (κ1) is 14.8. The van der Waals surface area contributed by atoms with Crippen molar-refractivity contribution in [2.75, 3.05) is 26.2 Å². The molecule has 1 aliphatic heterocycles. The summed E-state index contributed by atoms with van der Waals surface area (Å²) in [5, 5.41) is 3.40. The third kappa shape index (κ3) is 5.13. The number of carbonyl (C=O) groups excluding carboxylic acids is 1. The highest BCUT2D eigenvalue weighted by atomic mass is 16.2. The molecule has 0 aromatic rings. The summed E-state index contributed by atoms with van der Waals surface area (Å²) in [6, 6.07) is 0. The Kier molecular flexibility index (Phi) is 6.15. The van der Waals surface area contributed by atoms with Gasteiger partial charge in [0.1, 0.15) is 0 Å². The molecule has 2 unspecified atom stereocenters. The third-order valence-electron chi connectivity index (χ3n) is 4.71. The highest BCUT2D eigenvalue weighted by molar-refractivity contribution is 5.78. The molecular weight excluding hydrogens is 236 g/mol. The Morgan fingerprint density at radius 3 is 2.53 bits per heavy atom. The zero-order valence-electron chi connectivity index (χ0n) is 12.5. The molecule has 2 fully saturated rings. The quantitative estimate of drug-likeness (QED) is 0.848. The van der Waals surface area contributed by atoms with Gasteiger partial charge in [-0.1, -0.05) is 32.6 Å². The van der Waals surface area contributed by atoms with Crippen LogP contribution in [0.3, 0.4) is 0 Å². The number of carbonyl (C=O) groups is 1. The van der Waals surface area contributed by atoms with Gasteiger partial charge in [0.05, 0.1) is 6.54 Å². The van der Waals surface area contributed by atoms with Crippen LogP contribution in [0.1, 0.15) is 58.3 Å². The van der Waals surface area contributed by atoms with Gasteiger partial charge >= 0.3 is 0 Å². The van der Waals surface area contributed by atoms with Crippen LogP contribution in [0, 0.1) is 11.8 Å². The summed E-state index contributed by atoms with van der Waals surface area (Å²) in [4.78, 5) is 14.2. The zero-order valence-corrected chi connectivity index (χ0v) is 12.5. The minimum absolute atomic E-state index is 0.311. The van der Waals surface area contributed by atoms with Crippen molar-refractivity contribution >= 4 is 5.91 Å². The van der Waals surface area contributed by atoms with Crippen LogP contribution in [0.25, 0.3) is 0 Å². The monoisotopic (exact) mass is 266 g/mol. The maximum atomic E-state index is 12.1. The molecule has 110 valence electrons. The van der Waals surface area contributed by atoms with Gasteiger partial charge in [-0.2, -0.15) is 0 Å². The molecule has 2 aliphatic rings. The van der Waals surface area contributed by atoms with Crippen LogP contribution in [-0.4, -0.2) is 37.0 Å². The molecular formula is C16H30N2O. The normalized spacial score (nSPS) is 29.0. The maximum absolute atomic E-state index is 12.1. The fourth-order valence-corrected chi connectivity index (χ4v) is 3.56. The first-order chi connectivity index (χ1) is 9.25. The molecule has 1 heterocycles. The van der Waals surface area contributed by atoms with Crippen LogP contribution in [0.2, 0.25) is 0 Å². The highest BCUT2D eigenvalue weighted by Crippen LogP contribution is 2.27. The van der Waals surface area contributed by atoms with E-state index in [9.17, 15) is 4.79 Å². The Balaban J connectivity index is 1.62. The predicted octanol–water partition coefficient (Wildman–Crippen LogP) is 2.80. The molecule has 0 spiro atoms. The van der Waals surface area contributed by atoms with Gasteiger partial charge in [-0.25, -0.2) is 0 Å². The summed E-state index contributed by atoms with van der Waals surface area (Å²) in [6.07, 6.45) is 10.4. The summed E-state index contributed by atoms with van der Waals surface area (Å²) < 4.78 is 0. The second kappa shape index (κ2) is 7.88. The van der Waals surface area contributed by atoms with E-state index in [0.29, 0.717) is 12.5 Å². The van der Waals surface area contributed by atoms with Crippen LogP contribution >= 0.6 is 0 Å². The maximum Gasteiger partial charge on any atom is 0.236 e. The van der Waals surface area contributed by atoms with Gasteiger partial charge in [-0.15, -0.1) is 0 Å². The van der Waals surface area contributed by atoms with Gasteiger partial charge in [-0.3, -0.25) is 4.79 Å². The van der Waals surface area contributed by atoms with Gasteiger partial charge in [0.15, 0.2) is 0 Å². The van der Waals surface area contributed by atoms with Crippen molar-refractivity contribution in [3.05, 3.63) is 0 Å². The van der Waals surface area contributed by atoms with E-state index in [4.69, 9.17) is 0 Å². The summed E-state index contributed by atoms with van der Waals surface area (Å²) in [7, 11) is 0. The number of amides is 1. The second-order valence-electron chi connectivity index (χ2n) is 6.56. The summed E-state index contributed by atoms with van der Waals surface area (Å²) in [5.74, 6) is 1.98. The first-order valence-corrected chi connectivity index (χ1v) is 8.24. The van der Waals surface area contributed by atoms with Gasteiger partial charge < -0.3 is 10.2 Å². The molecule has 0 aromatic heterocycles. The van der Waals surface area contributed by atoms with Gasteiger partial charge in [-0.05, 0) is 44.1 Å². The smallest absolute Gasteiger partial charge is 0.236 e. The lowest BCUT2D eigenvalue weighted by molar-refractivity contribution is -0.130. The van der Waals surface area contributed by atoms with Crippen molar-refractivity contribution in [3.63, 3.8) is 0 Å². The summed E-state index contributed by atoms with van der Waals surface area (Å²) in [6.45, 7) is 5.88. The first-order valence-electron chi connectivity index (χ1n) is 8.24. The van der Waals surface area contributed by atoms with Crippen molar-refractivity contribution < 1.29 is 4.79 Å². The van der Waals surface area contributed by atoms with Crippen LogP contribution in [0.15, 0.2) is 0 Å². The summed E-state index contributed by atoms with van der Waals surface area (Å²) >= 11 is 0. The molecule has 1 saturated carbocycles. The van der Waals surface area contributed by atoms with E-state index >= 15 is 0 Å². The van der Waals surface area contributed by atoms with Crippen molar-refractivity contribution in [2.24, 2.45) is 11.8 Å². The Hall–Kier alpha value is -0.570. The Morgan fingerprint density at radius 2 is 1.84 bits per heavy atom. The molecule has 2 rings (SSSR count). The van der Waals surface area contributed by atoms with E-state index in [1.165, 1.54) is 51.4 Å². The van der Waals surface area contributed by atoms with Gasteiger partial charge in [0.25, 0.3) is 0 Å². The fourth-order valence-electron chi connectivity index (χ4n) is 3.56. The third-order valence-corrected chi connectivity index (χ3v) is 4.71. The van der Waals surface area contributed by atoms with Gasteiger partial charge in [0, 0.05) is 13.1 Å². The number of nitrogens with zero attached hydrogens (tertiary/aromatic N) is 1. The molecule has 3 heteroatoms. The number of rotatable bonds is 4. The average molecular weight is 266 g/mol. The minimum Gasteiger partial charge on any atom is -0.342 e. The average Bonchev–Trinajstić information content (AvgIpc) is 2.67. The predicted molar refractivity (Wildman–Crippen MR) is 79.0 cm³/mol. The largest absolute Gasteiger partial charge is 0.342 e. The molecule has 0 radical (unpaired) electrons. The van der Waals surface area contributed by atoms with E-state index in [1.54, 1.807) is 0 Å². The lowest BCUT2D eigenvalue weighted by Gasteiger charge is -2.27. The molecule has 0 bridgehead atoms. The zero-order chi connectivity index (χ0) is 13.5. The molecule has 1 aliphatic carbocycles. The fraction of sp³-hybridized carbons (Fsp3) is 0.938. The second-order valence-corrected chi connectivity index (χ2v) is 6.56. The molecule has 1 saturated heterocycles. The lowest BCUT2D eigenvalue weighted by Crippen LogP contribution is -2.40. The number of nitrogens with one attached hydrogen (secondary N) is 1. The van der Waals surface area contributed by atoms with E-state index in [2.05, 4.69) is 17.1 Å². The lowest BCUT2D eigenvalue weighted by atomic mass is 9.82. The van der Waals surface area contributed by atoms with Crippen molar-refractivity contribution in [1.82, 2.24) is 10.2 Å².